The predicted octanol–water partition coefficient (Wildman–Crippen LogP) is 3.46. The molecule has 0 aliphatic carbocycles. The molecule has 2 aromatic carbocycles. The molecule has 7 heteroatoms. The molecule has 0 amide bonds. The molecule has 0 bridgehead atoms. The molecule has 0 spiro atoms. The minimum Gasteiger partial charge on any atom is -0.493 e. The molecule has 0 atom stereocenters. The van der Waals surface area contributed by atoms with E-state index in [9.17, 15) is 9.90 Å². The molecular formula is C19H18N2O5. The van der Waals surface area contributed by atoms with E-state index in [1.807, 2.05) is 6.07 Å². The van der Waals surface area contributed by atoms with Crippen LogP contribution in [0.2, 0.25) is 0 Å². The predicted molar refractivity (Wildman–Crippen MR) is 98.1 cm³/mol. The van der Waals surface area contributed by atoms with Crippen LogP contribution in [0.15, 0.2) is 30.3 Å². The van der Waals surface area contributed by atoms with E-state index in [0.717, 1.165) is 5.56 Å². The van der Waals surface area contributed by atoms with Gasteiger partial charge >= 0.3 is 5.97 Å². The van der Waals surface area contributed by atoms with Crippen molar-refractivity contribution in [2.45, 2.75) is 0 Å². The number of aromatic carboxylic acids is 1. The quantitative estimate of drug-likeness (QED) is 0.704. The number of methoxy groups -OCH3 is 3. The van der Waals surface area contributed by atoms with Crippen molar-refractivity contribution in [3.05, 3.63) is 47.3 Å². The first-order valence-corrected chi connectivity index (χ1v) is 7.78. The molecule has 7 nitrogen and oxygen atoms in total. The van der Waals surface area contributed by atoms with E-state index in [1.54, 1.807) is 51.7 Å². The van der Waals surface area contributed by atoms with Gasteiger partial charge in [-0.15, -0.1) is 0 Å². The molecule has 1 heterocycles. The largest absolute Gasteiger partial charge is 0.493 e. The Morgan fingerprint density at radius 3 is 2.46 bits per heavy atom. The minimum atomic E-state index is -1.01. The number of fused-ring (bicyclic) bond motifs is 1. The molecule has 2 N–H and O–H groups in total. The maximum atomic E-state index is 11.3. The number of aromatic nitrogens is 2. The lowest BCUT2D eigenvalue weighted by Crippen LogP contribution is -1.96. The average Bonchev–Trinajstić information content (AvgIpc) is 3.07. The van der Waals surface area contributed by atoms with Gasteiger partial charge in [0.1, 0.15) is 11.3 Å². The molecule has 0 saturated carbocycles. The van der Waals surface area contributed by atoms with Crippen molar-refractivity contribution in [1.82, 2.24) is 9.97 Å². The van der Waals surface area contributed by atoms with Crippen LogP contribution in [-0.2, 0) is 0 Å². The second-order valence-corrected chi connectivity index (χ2v) is 5.39. The third kappa shape index (κ3) is 3.06. The Hall–Kier alpha value is -3.48. The number of para-hydroxylation sites is 1. The van der Waals surface area contributed by atoms with E-state index in [0.29, 0.717) is 34.1 Å². The van der Waals surface area contributed by atoms with Crippen LogP contribution in [-0.4, -0.2) is 42.4 Å². The van der Waals surface area contributed by atoms with Crippen molar-refractivity contribution in [3.8, 4) is 17.2 Å². The normalized spacial score (nSPS) is 11.0. The number of hydrogen-bond donors (Lipinski definition) is 2. The van der Waals surface area contributed by atoms with Crippen molar-refractivity contribution in [2.24, 2.45) is 0 Å². The number of ether oxygens (including phenoxy) is 3. The van der Waals surface area contributed by atoms with Gasteiger partial charge in [-0.25, -0.2) is 9.78 Å². The van der Waals surface area contributed by atoms with Gasteiger partial charge in [-0.2, -0.15) is 0 Å². The Morgan fingerprint density at radius 2 is 1.81 bits per heavy atom. The molecule has 0 aliphatic heterocycles. The number of carboxylic acids is 1. The summed E-state index contributed by atoms with van der Waals surface area (Å²) in [5.41, 5.74) is 1.99. The molecule has 0 fully saturated rings. The SMILES string of the molecule is COc1ccc(C=Cc2nc3c(C(=O)O)cccc3[nH]2)c(OC)c1OC. The molecule has 3 aromatic rings. The van der Waals surface area contributed by atoms with Gasteiger partial charge in [0, 0.05) is 5.56 Å². The van der Waals surface area contributed by atoms with E-state index >= 15 is 0 Å². The zero-order valence-electron chi connectivity index (χ0n) is 14.6. The number of aromatic amines is 1. The van der Waals surface area contributed by atoms with E-state index in [-0.39, 0.29) is 5.56 Å². The lowest BCUT2D eigenvalue weighted by molar-refractivity contribution is 0.0699. The van der Waals surface area contributed by atoms with Crippen LogP contribution in [0.1, 0.15) is 21.7 Å². The van der Waals surface area contributed by atoms with E-state index in [2.05, 4.69) is 9.97 Å². The average molecular weight is 354 g/mol. The van der Waals surface area contributed by atoms with Crippen LogP contribution in [0.25, 0.3) is 23.2 Å². The second-order valence-electron chi connectivity index (χ2n) is 5.39. The summed E-state index contributed by atoms with van der Waals surface area (Å²) in [6.07, 6.45) is 3.55. The topological polar surface area (TPSA) is 93.7 Å². The molecule has 3 rings (SSSR count). The maximum absolute atomic E-state index is 11.3. The van der Waals surface area contributed by atoms with Gasteiger partial charge in [0.25, 0.3) is 0 Å². The molecular weight excluding hydrogens is 336 g/mol. The van der Waals surface area contributed by atoms with Crippen molar-refractivity contribution >= 4 is 29.2 Å². The van der Waals surface area contributed by atoms with E-state index in [4.69, 9.17) is 14.2 Å². The van der Waals surface area contributed by atoms with Crippen molar-refractivity contribution in [2.75, 3.05) is 21.3 Å². The third-order valence-electron chi connectivity index (χ3n) is 3.92. The van der Waals surface area contributed by atoms with Crippen LogP contribution >= 0.6 is 0 Å². The van der Waals surface area contributed by atoms with Crippen LogP contribution in [0.3, 0.4) is 0 Å². The Balaban J connectivity index is 2.02. The van der Waals surface area contributed by atoms with Crippen LogP contribution < -0.4 is 14.2 Å². The number of H-pyrrole nitrogens is 1. The molecule has 0 unspecified atom stereocenters. The zero-order chi connectivity index (χ0) is 18.7. The summed E-state index contributed by atoms with van der Waals surface area (Å²) in [5.74, 6) is 1.11. The Morgan fingerprint density at radius 1 is 1.04 bits per heavy atom. The fraction of sp³-hybridized carbons (Fsp3) is 0.158. The van der Waals surface area contributed by atoms with E-state index < -0.39 is 5.97 Å². The first kappa shape index (κ1) is 17.3. The lowest BCUT2D eigenvalue weighted by Gasteiger charge is -2.13. The number of imidazole rings is 1. The van der Waals surface area contributed by atoms with Gasteiger partial charge < -0.3 is 24.3 Å². The summed E-state index contributed by atoms with van der Waals surface area (Å²) in [4.78, 5) is 18.8. The number of carboxylic acid groups (broad SMARTS) is 1. The van der Waals surface area contributed by atoms with Crippen LogP contribution in [0.4, 0.5) is 0 Å². The summed E-state index contributed by atoms with van der Waals surface area (Å²) in [5, 5.41) is 9.26. The van der Waals surface area contributed by atoms with Gasteiger partial charge in [0.05, 0.1) is 32.4 Å². The highest BCUT2D eigenvalue weighted by molar-refractivity contribution is 6.01. The van der Waals surface area contributed by atoms with Gasteiger partial charge in [-0.05, 0) is 36.4 Å². The monoisotopic (exact) mass is 354 g/mol. The Bertz CT molecular complexity index is 991. The first-order chi connectivity index (χ1) is 12.6. The maximum Gasteiger partial charge on any atom is 0.337 e. The first-order valence-electron chi connectivity index (χ1n) is 7.78. The number of benzene rings is 2. The summed E-state index contributed by atoms with van der Waals surface area (Å²) in [6.45, 7) is 0. The van der Waals surface area contributed by atoms with Gasteiger partial charge in [0.2, 0.25) is 5.75 Å². The van der Waals surface area contributed by atoms with Crippen LogP contribution in [0, 0.1) is 0 Å². The highest BCUT2D eigenvalue weighted by Crippen LogP contribution is 2.40. The van der Waals surface area contributed by atoms with Gasteiger partial charge in [-0.3, -0.25) is 0 Å². The number of hydrogen-bond acceptors (Lipinski definition) is 5. The Kier molecular flexibility index (Phi) is 4.79. The minimum absolute atomic E-state index is 0.155. The smallest absolute Gasteiger partial charge is 0.337 e. The summed E-state index contributed by atoms with van der Waals surface area (Å²) < 4.78 is 16.1. The van der Waals surface area contributed by atoms with E-state index in [1.165, 1.54) is 6.07 Å². The fourth-order valence-electron chi connectivity index (χ4n) is 2.73. The third-order valence-corrected chi connectivity index (χ3v) is 3.92. The molecule has 0 radical (unpaired) electrons. The standard InChI is InChI=1S/C19H18N2O5/c1-24-14-9-7-11(17(25-2)18(14)26-3)8-10-15-20-13-6-4-5-12(19(22)23)16(13)21-15/h4-10H,1-3H3,(H,20,21)(H,22,23). The fourth-order valence-corrected chi connectivity index (χ4v) is 2.73. The van der Waals surface area contributed by atoms with Crippen molar-refractivity contribution in [3.63, 3.8) is 0 Å². The summed E-state index contributed by atoms with van der Waals surface area (Å²) in [6, 6.07) is 8.60. The lowest BCUT2D eigenvalue weighted by atomic mass is 10.1. The van der Waals surface area contributed by atoms with Crippen molar-refractivity contribution in [1.29, 1.82) is 0 Å². The number of carbonyl (C=O) groups is 1. The summed E-state index contributed by atoms with van der Waals surface area (Å²) in [7, 11) is 4.65. The summed E-state index contributed by atoms with van der Waals surface area (Å²) >= 11 is 0. The van der Waals surface area contributed by atoms with Crippen LogP contribution in [0.5, 0.6) is 17.2 Å². The molecule has 134 valence electrons. The molecule has 26 heavy (non-hydrogen) atoms. The van der Waals surface area contributed by atoms with Gasteiger partial charge in [-0.1, -0.05) is 6.07 Å². The highest BCUT2D eigenvalue weighted by atomic mass is 16.5. The van der Waals surface area contributed by atoms with Crippen molar-refractivity contribution < 1.29 is 24.1 Å². The molecule has 1 aromatic heterocycles. The van der Waals surface area contributed by atoms with Gasteiger partial charge in [0.15, 0.2) is 11.5 Å². The molecule has 0 aliphatic rings. The molecule has 0 saturated heterocycles. The number of nitrogens with zero attached hydrogens (tertiary/aromatic N) is 1. The number of rotatable bonds is 6. The zero-order valence-corrected chi connectivity index (χ0v) is 14.6. The highest BCUT2D eigenvalue weighted by Gasteiger charge is 2.15. The Labute approximate surface area is 149 Å². The second kappa shape index (κ2) is 7.18. The number of nitrogens with one attached hydrogen (secondary N) is 1.